The molecule has 1 aliphatic carbocycles. The largest absolute Gasteiger partial charge is 0.485 e. The molecule has 0 amide bonds. The molecule has 29 heavy (non-hydrogen) atoms. The van der Waals surface area contributed by atoms with Gasteiger partial charge in [-0.25, -0.2) is 17.9 Å². The molecule has 0 bridgehead atoms. The first-order chi connectivity index (χ1) is 13.9. The number of nitriles is 1. The van der Waals surface area contributed by atoms with E-state index in [0.717, 1.165) is 0 Å². The van der Waals surface area contributed by atoms with E-state index in [4.69, 9.17) is 14.6 Å². The minimum absolute atomic E-state index is 0.123. The van der Waals surface area contributed by atoms with Crippen molar-refractivity contribution in [3.63, 3.8) is 0 Å². The number of aliphatic carboxylic acids is 1. The van der Waals surface area contributed by atoms with Crippen LogP contribution in [0.4, 0.5) is 0 Å². The SMILES string of the molecule is N#CC1CC2Oc3c(OCC(=O)O)cccc3C2C1NS(=O)(=O)c1ccccc1. The number of carbonyl (C=O) groups is 1. The van der Waals surface area contributed by atoms with Crippen LogP contribution in [-0.4, -0.2) is 38.2 Å². The van der Waals surface area contributed by atoms with Crippen molar-refractivity contribution in [1.29, 1.82) is 5.26 Å². The highest BCUT2D eigenvalue weighted by atomic mass is 32.2. The molecule has 9 heteroatoms. The van der Waals surface area contributed by atoms with Crippen LogP contribution in [0.5, 0.6) is 11.5 Å². The van der Waals surface area contributed by atoms with Crippen LogP contribution in [0, 0.1) is 17.2 Å². The number of para-hydroxylation sites is 1. The molecule has 1 heterocycles. The van der Waals surface area contributed by atoms with E-state index in [1.165, 1.54) is 12.1 Å². The highest BCUT2D eigenvalue weighted by Gasteiger charge is 2.52. The number of ether oxygens (including phenoxy) is 2. The van der Waals surface area contributed by atoms with E-state index in [1.54, 1.807) is 36.4 Å². The van der Waals surface area contributed by atoms with Crippen molar-refractivity contribution in [1.82, 2.24) is 4.72 Å². The summed E-state index contributed by atoms with van der Waals surface area (Å²) >= 11 is 0. The highest BCUT2D eigenvalue weighted by molar-refractivity contribution is 7.89. The molecule has 1 fully saturated rings. The minimum atomic E-state index is -3.83. The summed E-state index contributed by atoms with van der Waals surface area (Å²) in [5.41, 5.74) is 0.705. The first-order valence-electron chi connectivity index (χ1n) is 9.02. The van der Waals surface area contributed by atoms with Gasteiger partial charge >= 0.3 is 5.97 Å². The topological polar surface area (TPSA) is 126 Å². The van der Waals surface area contributed by atoms with E-state index >= 15 is 0 Å². The normalized spacial score (nSPS) is 24.8. The Morgan fingerprint density at radius 2 is 2.00 bits per heavy atom. The lowest BCUT2D eigenvalue weighted by Gasteiger charge is -2.21. The van der Waals surface area contributed by atoms with Crippen LogP contribution in [0.25, 0.3) is 0 Å². The molecule has 4 unspecified atom stereocenters. The molecule has 2 aliphatic rings. The smallest absolute Gasteiger partial charge is 0.341 e. The van der Waals surface area contributed by atoms with Crippen LogP contribution in [0.15, 0.2) is 53.4 Å². The number of fused-ring (bicyclic) bond motifs is 3. The molecule has 0 saturated heterocycles. The molecule has 2 aromatic rings. The van der Waals surface area contributed by atoms with E-state index < -0.39 is 40.7 Å². The van der Waals surface area contributed by atoms with Crippen LogP contribution in [0.3, 0.4) is 0 Å². The fourth-order valence-corrected chi connectivity index (χ4v) is 5.32. The van der Waals surface area contributed by atoms with E-state index in [0.29, 0.717) is 17.7 Å². The minimum Gasteiger partial charge on any atom is -0.485 e. The summed E-state index contributed by atoms with van der Waals surface area (Å²) in [5.74, 6) is -1.35. The number of nitrogens with one attached hydrogen (secondary N) is 1. The lowest BCUT2D eigenvalue weighted by molar-refractivity contribution is -0.139. The zero-order valence-electron chi connectivity index (χ0n) is 15.2. The molecule has 4 rings (SSSR count). The van der Waals surface area contributed by atoms with Gasteiger partial charge in [-0.3, -0.25) is 0 Å². The van der Waals surface area contributed by atoms with Crippen molar-refractivity contribution in [3.05, 3.63) is 54.1 Å². The summed E-state index contributed by atoms with van der Waals surface area (Å²) in [6.07, 6.45) is -0.0383. The van der Waals surface area contributed by atoms with Crippen molar-refractivity contribution in [2.75, 3.05) is 6.61 Å². The van der Waals surface area contributed by atoms with Gasteiger partial charge in [0, 0.05) is 23.9 Å². The lowest BCUT2D eigenvalue weighted by Crippen LogP contribution is -2.40. The van der Waals surface area contributed by atoms with E-state index in [-0.39, 0.29) is 16.6 Å². The van der Waals surface area contributed by atoms with Gasteiger partial charge in [0.1, 0.15) is 6.10 Å². The van der Waals surface area contributed by atoms with Crippen LogP contribution < -0.4 is 14.2 Å². The summed E-state index contributed by atoms with van der Waals surface area (Å²) < 4.78 is 39.7. The maximum atomic E-state index is 12.8. The molecular formula is C20H18N2O6S. The summed E-state index contributed by atoms with van der Waals surface area (Å²) in [7, 11) is -3.83. The van der Waals surface area contributed by atoms with Gasteiger partial charge in [-0.15, -0.1) is 0 Å². The third-order valence-corrected chi connectivity index (χ3v) is 6.68. The molecule has 0 radical (unpaired) electrons. The second kappa shape index (κ2) is 7.39. The Morgan fingerprint density at radius 1 is 1.24 bits per heavy atom. The number of nitrogens with zero attached hydrogens (tertiary/aromatic N) is 1. The molecule has 1 aliphatic heterocycles. The van der Waals surface area contributed by atoms with Gasteiger partial charge in [0.05, 0.1) is 16.9 Å². The number of sulfonamides is 1. The zero-order chi connectivity index (χ0) is 20.6. The summed E-state index contributed by atoms with van der Waals surface area (Å²) in [6.45, 7) is -0.514. The molecule has 8 nitrogen and oxygen atoms in total. The van der Waals surface area contributed by atoms with Gasteiger partial charge in [0.25, 0.3) is 0 Å². The van der Waals surface area contributed by atoms with Gasteiger partial charge in [-0.2, -0.15) is 5.26 Å². The van der Waals surface area contributed by atoms with Crippen LogP contribution in [-0.2, 0) is 14.8 Å². The van der Waals surface area contributed by atoms with Gasteiger partial charge < -0.3 is 14.6 Å². The van der Waals surface area contributed by atoms with Gasteiger partial charge in [0.15, 0.2) is 18.1 Å². The fraction of sp³-hybridized carbons (Fsp3) is 0.300. The predicted octanol–water partition coefficient (Wildman–Crippen LogP) is 1.89. The molecule has 0 aromatic heterocycles. The van der Waals surface area contributed by atoms with E-state index in [9.17, 15) is 18.5 Å². The monoisotopic (exact) mass is 414 g/mol. The molecule has 150 valence electrons. The Labute approximate surface area is 167 Å². The number of carboxylic acids is 1. The van der Waals surface area contributed by atoms with Crippen molar-refractivity contribution in [2.24, 2.45) is 5.92 Å². The Bertz CT molecular complexity index is 1080. The first kappa shape index (κ1) is 19.2. The number of rotatable bonds is 6. The molecule has 1 saturated carbocycles. The Balaban J connectivity index is 1.66. The Hall–Kier alpha value is -3.09. The fourth-order valence-electron chi connectivity index (χ4n) is 4.00. The highest BCUT2D eigenvalue weighted by Crippen LogP contribution is 2.52. The van der Waals surface area contributed by atoms with Crippen LogP contribution >= 0.6 is 0 Å². The van der Waals surface area contributed by atoms with Gasteiger partial charge in [-0.1, -0.05) is 30.3 Å². The number of carboxylic acid groups (broad SMARTS) is 1. The van der Waals surface area contributed by atoms with Crippen molar-refractivity contribution in [2.45, 2.75) is 29.4 Å². The lowest BCUT2D eigenvalue weighted by atomic mass is 9.92. The Morgan fingerprint density at radius 3 is 2.69 bits per heavy atom. The summed E-state index contributed by atoms with van der Waals surface area (Å²) in [5, 5.41) is 18.4. The number of benzene rings is 2. The maximum absolute atomic E-state index is 12.8. The van der Waals surface area contributed by atoms with Crippen LogP contribution in [0.1, 0.15) is 17.9 Å². The standard InChI is InChI=1S/C20H18N2O6S/c21-10-12-9-16-18(19(12)22-29(25,26)13-5-2-1-3-6-13)14-7-4-8-15(20(14)28-16)27-11-17(23)24/h1-8,12,16,18-19,22H,9,11H2,(H,23,24). The third-order valence-electron chi connectivity index (χ3n) is 5.21. The summed E-state index contributed by atoms with van der Waals surface area (Å²) in [6, 6.07) is 14.6. The second-order valence-electron chi connectivity index (χ2n) is 6.97. The zero-order valence-corrected chi connectivity index (χ0v) is 16.0. The summed E-state index contributed by atoms with van der Waals surface area (Å²) in [4.78, 5) is 10.9. The predicted molar refractivity (Wildman–Crippen MR) is 101 cm³/mol. The molecule has 4 atom stereocenters. The average molecular weight is 414 g/mol. The molecule has 2 N–H and O–H groups in total. The number of hydrogen-bond acceptors (Lipinski definition) is 6. The van der Waals surface area contributed by atoms with Crippen molar-refractivity contribution < 1.29 is 27.8 Å². The molecular weight excluding hydrogens is 396 g/mol. The van der Waals surface area contributed by atoms with E-state index in [1.807, 2.05) is 0 Å². The molecule has 2 aromatic carbocycles. The maximum Gasteiger partial charge on any atom is 0.341 e. The van der Waals surface area contributed by atoms with Gasteiger partial charge in [-0.05, 0) is 18.2 Å². The van der Waals surface area contributed by atoms with Crippen molar-refractivity contribution >= 4 is 16.0 Å². The van der Waals surface area contributed by atoms with Crippen molar-refractivity contribution in [3.8, 4) is 17.6 Å². The first-order valence-corrected chi connectivity index (χ1v) is 10.5. The second-order valence-corrected chi connectivity index (χ2v) is 8.68. The van der Waals surface area contributed by atoms with Gasteiger partial charge in [0.2, 0.25) is 10.0 Å². The Kier molecular flexibility index (Phi) is 4.90. The molecule has 0 spiro atoms. The van der Waals surface area contributed by atoms with E-state index in [2.05, 4.69) is 10.8 Å². The average Bonchev–Trinajstić information content (AvgIpc) is 3.23. The number of hydrogen-bond donors (Lipinski definition) is 2. The quantitative estimate of drug-likeness (QED) is 0.739. The van der Waals surface area contributed by atoms with Crippen LogP contribution in [0.2, 0.25) is 0 Å². The third kappa shape index (κ3) is 3.52.